The molecule has 0 bridgehead atoms. The van der Waals surface area contributed by atoms with E-state index in [1.54, 1.807) is 18.4 Å². The van der Waals surface area contributed by atoms with E-state index >= 15 is 0 Å². The molecule has 2 aromatic rings. The first-order valence-corrected chi connectivity index (χ1v) is 8.18. The van der Waals surface area contributed by atoms with Gasteiger partial charge in [0.2, 0.25) is 0 Å². The second kappa shape index (κ2) is 7.59. The van der Waals surface area contributed by atoms with Gasteiger partial charge in [-0.1, -0.05) is 25.1 Å². The van der Waals surface area contributed by atoms with E-state index in [9.17, 15) is 0 Å². The van der Waals surface area contributed by atoms with E-state index in [-0.39, 0.29) is 6.04 Å². The van der Waals surface area contributed by atoms with E-state index in [1.165, 1.54) is 10.4 Å². The number of rotatable bonds is 7. The number of benzene rings is 1. The van der Waals surface area contributed by atoms with Gasteiger partial charge in [0, 0.05) is 24.0 Å². The highest BCUT2D eigenvalue weighted by Gasteiger charge is 2.19. The average molecular weight is 304 g/mol. The van der Waals surface area contributed by atoms with Crippen LogP contribution in [0.5, 0.6) is 5.75 Å². The van der Waals surface area contributed by atoms with Gasteiger partial charge < -0.3 is 10.5 Å². The molecule has 2 rings (SSSR count). The zero-order valence-electron chi connectivity index (χ0n) is 13.0. The Morgan fingerprint density at radius 2 is 2.14 bits per heavy atom. The molecule has 0 radical (unpaired) electrons. The number of methoxy groups -OCH3 is 1. The molecular weight excluding hydrogens is 280 g/mol. The van der Waals surface area contributed by atoms with Crippen molar-refractivity contribution < 1.29 is 4.74 Å². The predicted octanol–water partition coefficient (Wildman–Crippen LogP) is 3.59. The maximum Gasteiger partial charge on any atom is 0.121 e. The highest BCUT2D eigenvalue weighted by atomic mass is 32.1. The van der Waals surface area contributed by atoms with Crippen LogP contribution in [0.1, 0.15) is 29.0 Å². The van der Waals surface area contributed by atoms with Gasteiger partial charge in [-0.3, -0.25) is 4.90 Å². The van der Waals surface area contributed by atoms with Crippen LogP contribution in [0.3, 0.4) is 0 Å². The molecular formula is C17H24N2OS. The maximum absolute atomic E-state index is 6.06. The van der Waals surface area contributed by atoms with Crippen LogP contribution < -0.4 is 10.5 Å². The van der Waals surface area contributed by atoms with Gasteiger partial charge in [-0.25, -0.2) is 0 Å². The molecule has 0 fully saturated rings. The summed E-state index contributed by atoms with van der Waals surface area (Å²) in [5.74, 6) is 0.927. The van der Waals surface area contributed by atoms with Crippen LogP contribution in [-0.2, 0) is 6.54 Å². The van der Waals surface area contributed by atoms with Crippen molar-refractivity contribution in [2.24, 2.45) is 5.73 Å². The Balaban J connectivity index is 2.22. The lowest BCUT2D eigenvalue weighted by Crippen LogP contribution is -2.33. The molecule has 0 saturated carbocycles. The molecule has 1 unspecified atom stereocenters. The van der Waals surface area contributed by atoms with E-state index in [4.69, 9.17) is 10.5 Å². The summed E-state index contributed by atoms with van der Waals surface area (Å²) in [5.41, 5.74) is 8.47. The van der Waals surface area contributed by atoms with Gasteiger partial charge >= 0.3 is 0 Å². The summed E-state index contributed by atoms with van der Waals surface area (Å²) < 4.78 is 5.34. The topological polar surface area (TPSA) is 38.5 Å². The monoisotopic (exact) mass is 304 g/mol. The van der Waals surface area contributed by atoms with Crippen molar-refractivity contribution in [1.82, 2.24) is 4.90 Å². The summed E-state index contributed by atoms with van der Waals surface area (Å²) in [5, 5.41) is 2.12. The lowest BCUT2D eigenvalue weighted by atomic mass is 10.0. The van der Waals surface area contributed by atoms with Crippen molar-refractivity contribution in [3.63, 3.8) is 0 Å². The van der Waals surface area contributed by atoms with Crippen molar-refractivity contribution in [1.29, 1.82) is 0 Å². The van der Waals surface area contributed by atoms with Crippen molar-refractivity contribution in [3.8, 4) is 5.75 Å². The average Bonchev–Trinajstić information content (AvgIpc) is 3.00. The van der Waals surface area contributed by atoms with Gasteiger partial charge in [0.05, 0.1) is 7.11 Å². The fourth-order valence-electron chi connectivity index (χ4n) is 2.65. The fourth-order valence-corrected chi connectivity index (χ4v) is 3.38. The van der Waals surface area contributed by atoms with Crippen molar-refractivity contribution in [2.45, 2.75) is 26.4 Å². The molecule has 21 heavy (non-hydrogen) atoms. The molecule has 1 heterocycles. The molecule has 0 aliphatic carbocycles. The normalized spacial score (nSPS) is 12.6. The second-order valence-corrected chi connectivity index (χ2v) is 6.16. The van der Waals surface area contributed by atoms with Crippen molar-refractivity contribution >= 4 is 11.3 Å². The lowest BCUT2D eigenvalue weighted by molar-refractivity contribution is 0.205. The first kappa shape index (κ1) is 16.0. The number of hydrogen-bond donors (Lipinski definition) is 1. The largest absolute Gasteiger partial charge is 0.496 e. The molecule has 0 saturated heterocycles. The molecule has 2 N–H and O–H groups in total. The van der Waals surface area contributed by atoms with Crippen LogP contribution >= 0.6 is 11.3 Å². The number of likely N-dealkylation sites (N-methyl/N-ethyl adjacent to an activating group) is 1. The summed E-state index contributed by atoms with van der Waals surface area (Å²) in [6.07, 6.45) is 0. The fraction of sp³-hybridized carbons (Fsp3) is 0.412. The number of aryl methyl sites for hydroxylation is 1. The Labute approximate surface area is 131 Å². The summed E-state index contributed by atoms with van der Waals surface area (Å²) in [4.78, 5) is 3.80. The minimum Gasteiger partial charge on any atom is -0.496 e. The molecule has 114 valence electrons. The number of nitrogens with two attached hydrogens (primary N) is 1. The van der Waals surface area contributed by atoms with Crippen molar-refractivity contribution in [2.75, 3.05) is 20.2 Å². The standard InChI is InChI=1S/C17H24N2OS/c1-4-19(12-15-6-5-9-21-15)16(11-18)14-7-8-17(20-3)13(2)10-14/h5-10,16H,4,11-12,18H2,1-3H3. The highest BCUT2D eigenvalue weighted by molar-refractivity contribution is 7.09. The van der Waals surface area contributed by atoms with Crippen LogP contribution in [0.25, 0.3) is 0 Å². The van der Waals surface area contributed by atoms with Crippen molar-refractivity contribution in [3.05, 3.63) is 51.7 Å². The van der Waals surface area contributed by atoms with Crippen LogP contribution in [-0.4, -0.2) is 25.1 Å². The minimum atomic E-state index is 0.238. The zero-order chi connectivity index (χ0) is 15.2. The molecule has 1 aromatic heterocycles. The first-order valence-electron chi connectivity index (χ1n) is 7.30. The third-order valence-corrected chi connectivity index (χ3v) is 4.67. The minimum absolute atomic E-state index is 0.238. The van der Waals surface area contributed by atoms with E-state index in [0.717, 1.165) is 24.4 Å². The first-order chi connectivity index (χ1) is 10.2. The van der Waals surface area contributed by atoms with Crippen LogP contribution in [0.15, 0.2) is 35.7 Å². The Bertz CT molecular complexity index is 554. The van der Waals surface area contributed by atoms with Gasteiger partial charge in [0.15, 0.2) is 0 Å². The summed E-state index contributed by atoms with van der Waals surface area (Å²) in [6.45, 7) is 6.80. The lowest BCUT2D eigenvalue weighted by Gasteiger charge is -2.30. The number of ether oxygens (including phenoxy) is 1. The summed E-state index contributed by atoms with van der Waals surface area (Å²) in [6, 6.07) is 10.9. The van der Waals surface area contributed by atoms with Gasteiger partial charge in [0.1, 0.15) is 5.75 Å². The third-order valence-electron chi connectivity index (χ3n) is 3.81. The van der Waals surface area contributed by atoms with Crippen LogP contribution in [0.2, 0.25) is 0 Å². The Kier molecular flexibility index (Phi) is 5.79. The number of thiophene rings is 1. The smallest absolute Gasteiger partial charge is 0.121 e. The molecule has 0 amide bonds. The molecule has 0 aliphatic rings. The Morgan fingerprint density at radius 3 is 2.67 bits per heavy atom. The third kappa shape index (κ3) is 3.84. The molecule has 0 aliphatic heterocycles. The quantitative estimate of drug-likeness (QED) is 0.849. The molecule has 4 heteroatoms. The van der Waals surface area contributed by atoms with E-state index in [2.05, 4.69) is 48.4 Å². The van der Waals surface area contributed by atoms with Gasteiger partial charge in [0.25, 0.3) is 0 Å². The SMILES string of the molecule is CCN(Cc1cccs1)C(CN)c1ccc(OC)c(C)c1. The van der Waals surface area contributed by atoms with E-state index < -0.39 is 0 Å². The summed E-state index contributed by atoms with van der Waals surface area (Å²) in [7, 11) is 1.71. The number of nitrogens with zero attached hydrogens (tertiary/aromatic N) is 1. The Hall–Kier alpha value is -1.36. The van der Waals surface area contributed by atoms with Crippen LogP contribution in [0.4, 0.5) is 0 Å². The van der Waals surface area contributed by atoms with E-state index in [0.29, 0.717) is 6.54 Å². The molecule has 3 nitrogen and oxygen atoms in total. The second-order valence-electron chi connectivity index (χ2n) is 5.12. The maximum atomic E-state index is 6.06. The van der Waals surface area contributed by atoms with Gasteiger partial charge in [-0.15, -0.1) is 11.3 Å². The molecule has 0 spiro atoms. The zero-order valence-corrected chi connectivity index (χ0v) is 13.8. The molecule has 1 aromatic carbocycles. The summed E-state index contributed by atoms with van der Waals surface area (Å²) >= 11 is 1.80. The van der Waals surface area contributed by atoms with Gasteiger partial charge in [-0.05, 0) is 42.1 Å². The highest BCUT2D eigenvalue weighted by Crippen LogP contribution is 2.27. The van der Waals surface area contributed by atoms with Gasteiger partial charge in [-0.2, -0.15) is 0 Å². The van der Waals surface area contributed by atoms with E-state index in [1.807, 2.05) is 6.07 Å². The number of hydrogen-bond acceptors (Lipinski definition) is 4. The van der Waals surface area contributed by atoms with Crippen LogP contribution in [0, 0.1) is 6.92 Å². The predicted molar refractivity (Wildman–Crippen MR) is 89.9 cm³/mol. The molecule has 1 atom stereocenters. The Morgan fingerprint density at radius 1 is 1.33 bits per heavy atom.